The summed E-state index contributed by atoms with van der Waals surface area (Å²) in [6.07, 6.45) is 2.84. The van der Waals surface area contributed by atoms with Crippen molar-refractivity contribution in [1.29, 1.82) is 0 Å². The first-order valence-electron chi connectivity index (χ1n) is 6.54. The highest BCUT2D eigenvalue weighted by molar-refractivity contribution is 7.98. The summed E-state index contributed by atoms with van der Waals surface area (Å²) in [5.74, 6) is -2.48. The number of rotatable bonds is 11. The van der Waals surface area contributed by atoms with Crippen molar-refractivity contribution in [2.75, 3.05) is 18.3 Å². The first-order valence-corrected chi connectivity index (χ1v) is 9.89. The number of thioether (sulfide) groups is 1. The zero-order valence-corrected chi connectivity index (χ0v) is 14.4. The van der Waals surface area contributed by atoms with Gasteiger partial charge in [0.1, 0.15) is 11.3 Å². The number of sulfone groups is 1. The predicted octanol–water partition coefficient (Wildman–Crippen LogP) is -0.628. The van der Waals surface area contributed by atoms with E-state index in [4.69, 9.17) is 10.6 Å². The van der Waals surface area contributed by atoms with Crippen molar-refractivity contribution >= 4 is 45.5 Å². The highest BCUT2D eigenvalue weighted by Gasteiger charge is 2.31. The molecular weight excluding hydrogens is 346 g/mol. The number of Topliss-reactive ketones (excluding diaryl/α,β-unsaturated/α-hetero) is 1. The van der Waals surface area contributed by atoms with Crippen molar-refractivity contribution in [1.82, 2.24) is 5.32 Å². The van der Waals surface area contributed by atoms with E-state index in [1.807, 2.05) is 0 Å². The van der Waals surface area contributed by atoms with Crippen molar-refractivity contribution in [3.63, 3.8) is 0 Å². The maximum Gasteiger partial charge on any atom is 0.326 e. The first kappa shape index (κ1) is 21.3. The number of amides is 1. The number of hydrogen-bond acceptors (Lipinski definition) is 6. The van der Waals surface area contributed by atoms with Gasteiger partial charge in [-0.05, 0) is 24.9 Å². The molecule has 0 spiro atoms. The summed E-state index contributed by atoms with van der Waals surface area (Å²) < 4.78 is 23.3. The van der Waals surface area contributed by atoms with Crippen LogP contribution in [-0.4, -0.2) is 71.7 Å². The van der Waals surface area contributed by atoms with Gasteiger partial charge in [-0.1, -0.05) is 0 Å². The summed E-state index contributed by atoms with van der Waals surface area (Å²) in [5.41, 5.74) is 8.20. The minimum Gasteiger partial charge on any atom is -0.480 e. The van der Waals surface area contributed by atoms with Crippen molar-refractivity contribution < 1.29 is 32.7 Å². The molecule has 0 aliphatic heterocycles. The van der Waals surface area contributed by atoms with E-state index in [0.29, 0.717) is 12.0 Å². The fraction of sp³-hybridized carbons (Fsp3) is 0.667. The monoisotopic (exact) mass is 365 g/mol. The summed E-state index contributed by atoms with van der Waals surface area (Å²) in [7, 11) is -3.69. The lowest BCUT2D eigenvalue weighted by atomic mass is 10.1. The number of carboxylic acid groups (broad SMARTS) is 1. The first-order chi connectivity index (χ1) is 10.6. The number of hydrogen-bond donors (Lipinski definition) is 2. The second kappa shape index (κ2) is 10.1. The molecule has 0 fully saturated rings. The number of aliphatic carboxylic acids is 1. The Hall–Kier alpha value is -1.71. The van der Waals surface area contributed by atoms with E-state index in [1.165, 1.54) is 11.8 Å². The molecule has 2 N–H and O–H groups in total. The molecule has 0 aromatic heterocycles. The van der Waals surface area contributed by atoms with Gasteiger partial charge >= 0.3 is 12.2 Å². The molecule has 0 aliphatic rings. The molecule has 0 aromatic carbocycles. The third kappa shape index (κ3) is 8.48. The van der Waals surface area contributed by atoms with Gasteiger partial charge in [-0.2, -0.15) is 16.6 Å². The number of carboxylic acids is 1. The van der Waals surface area contributed by atoms with Crippen LogP contribution < -0.4 is 5.32 Å². The number of nitrogens with zero attached hydrogens (tertiary/aromatic N) is 2. The normalized spacial score (nSPS) is 13.5. The van der Waals surface area contributed by atoms with Gasteiger partial charge in [0.2, 0.25) is 11.7 Å². The van der Waals surface area contributed by atoms with Gasteiger partial charge in [0.15, 0.2) is 9.84 Å². The molecule has 0 radical (unpaired) electrons. The van der Waals surface area contributed by atoms with Crippen molar-refractivity contribution in [2.24, 2.45) is 0 Å². The highest BCUT2D eigenvalue weighted by Crippen LogP contribution is 2.10. The van der Waals surface area contributed by atoms with Crippen LogP contribution in [0.2, 0.25) is 0 Å². The average molecular weight is 365 g/mol. The van der Waals surface area contributed by atoms with E-state index in [2.05, 4.69) is 10.1 Å². The lowest BCUT2D eigenvalue weighted by Crippen LogP contribution is -2.48. The van der Waals surface area contributed by atoms with Crippen LogP contribution in [0.25, 0.3) is 5.53 Å². The largest absolute Gasteiger partial charge is 0.480 e. The smallest absolute Gasteiger partial charge is 0.326 e. The molecule has 0 heterocycles. The van der Waals surface area contributed by atoms with E-state index in [1.54, 1.807) is 6.26 Å². The minimum absolute atomic E-state index is 0.0638. The molecule has 23 heavy (non-hydrogen) atoms. The Kier molecular flexibility index (Phi) is 9.38. The zero-order chi connectivity index (χ0) is 18.0. The molecule has 1 amide bonds. The van der Waals surface area contributed by atoms with Crippen LogP contribution in [0.3, 0.4) is 0 Å². The summed E-state index contributed by atoms with van der Waals surface area (Å²) >= 11 is 1.36. The Morgan fingerprint density at radius 2 is 1.96 bits per heavy atom. The summed E-state index contributed by atoms with van der Waals surface area (Å²) in [6.45, 7) is 0. The van der Waals surface area contributed by atoms with Gasteiger partial charge in [-0.3, -0.25) is 9.59 Å². The molecule has 2 atom stereocenters. The zero-order valence-electron chi connectivity index (χ0n) is 12.8. The average Bonchev–Trinajstić information content (AvgIpc) is 2.42. The molecular formula is C12H19N3O6S2. The van der Waals surface area contributed by atoms with E-state index in [9.17, 15) is 22.8 Å². The quantitative estimate of drug-likeness (QED) is 0.281. The second-order valence-corrected chi connectivity index (χ2v) is 7.96. The van der Waals surface area contributed by atoms with Crippen LogP contribution in [0.1, 0.15) is 19.3 Å². The molecule has 0 aliphatic carbocycles. The van der Waals surface area contributed by atoms with Crippen LogP contribution in [-0.2, 0) is 24.2 Å². The molecule has 9 nitrogen and oxygen atoms in total. The van der Waals surface area contributed by atoms with Crippen LogP contribution >= 0.6 is 11.8 Å². The molecule has 0 saturated carbocycles. The highest BCUT2D eigenvalue weighted by atomic mass is 32.2. The Bertz CT molecular complexity index is 598. The van der Waals surface area contributed by atoms with E-state index in [0.717, 1.165) is 6.26 Å². The lowest BCUT2D eigenvalue weighted by Gasteiger charge is -2.18. The fourth-order valence-corrected chi connectivity index (χ4v) is 3.33. The van der Waals surface area contributed by atoms with Gasteiger partial charge in [-0.25, -0.2) is 13.2 Å². The number of carbonyl (C=O) groups is 3. The van der Waals surface area contributed by atoms with Crippen LogP contribution in [0.4, 0.5) is 0 Å². The van der Waals surface area contributed by atoms with Gasteiger partial charge in [0.25, 0.3) is 0 Å². The topological polar surface area (TPSA) is 154 Å². The Morgan fingerprint density at radius 3 is 2.39 bits per heavy atom. The standard InChI is InChI=1S/C12H19N3O6S2/c1-22-6-5-10(23(2,20)21)11(17)15-9(12(18)19)4-3-8(16)7-14-13/h7,9-10H,3-6H2,1-2H3,(H,15,17)(H,18,19). The minimum atomic E-state index is -3.69. The molecule has 130 valence electrons. The van der Waals surface area contributed by atoms with Crippen LogP contribution in [0.5, 0.6) is 0 Å². The number of carbonyl (C=O) groups excluding carboxylic acids is 2. The molecule has 2 unspecified atom stereocenters. The van der Waals surface area contributed by atoms with E-state index in [-0.39, 0.29) is 19.3 Å². The molecule has 0 rings (SSSR count). The number of nitrogens with one attached hydrogen (secondary N) is 1. The van der Waals surface area contributed by atoms with Gasteiger partial charge in [-0.15, -0.1) is 0 Å². The van der Waals surface area contributed by atoms with Crippen molar-refractivity contribution in [3.05, 3.63) is 5.53 Å². The van der Waals surface area contributed by atoms with Crippen molar-refractivity contribution in [2.45, 2.75) is 30.6 Å². The predicted molar refractivity (Wildman–Crippen MR) is 85.1 cm³/mol. The van der Waals surface area contributed by atoms with E-state index >= 15 is 0 Å². The van der Waals surface area contributed by atoms with Gasteiger partial charge in [0.05, 0.1) is 0 Å². The third-order valence-corrected chi connectivity index (χ3v) is 5.02. The molecule has 0 bridgehead atoms. The molecule has 11 heteroatoms. The summed E-state index contributed by atoms with van der Waals surface area (Å²) in [6, 6.07) is -1.41. The maximum atomic E-state index is 12.1. The maximum absolute atomic E-state index is 12.1. The third-order valence-electron chi connectivity index (χ3n) is 2.89. The fourth-order valence-electron chi connectivity index (χ4n) is 1.70. The molecule has 0 saturated heterocycles. The number of ketones is 1. The summed E-state index contributed by atoms with van der Waals surface area (Å²) in [4.78, 5) is 36.9. The van der Waals surface area contributed by atoms with Crippen LogP contribution in [0.15, 0.2) is 0 Å². The van der Waals surface area contributed by atoms with Crippen LogP contribution in [0, 0.1) is 0 Å². The van der Waals surface area contributed by atoms with Crippen molar-refractivity contribution in [3.8, 4) is 0 Å². The summed E-state index contributed by atoms with van der Waals surface area (Å²) in [5, 5.41) is 9.87. The Morgan fingerprint density at radius 1 is 1.35 bits per heavy atom. The molecule has 0 aromatic rings. The Balaban J connectivity index is 4.96. The lowest BCUT2D eigenvalue weighted by molar-refractivity contribution is -0.142. The SMILES string of the molecule is CSCCC(C(=O)NC(CCC(=O)C=[N+]=[N-])C(=O)O)S(C)(=O)=O. The van der Waals surface area contributed by atoms with Gasteiger partial charge in [0, 0.05) is 12.7 Å². The second-order valence-electron chi connectivity index (χ2n) is 4.75. The Labute approximate surface area is 138 Å². The van der Waals surface area contributed by atoms with E-state index < -0.39 is 38.8 Å². The van der Waals surface area contributed by atoms with Gasteiger partial charge < -0.3 is 16.0 Å².